The predicted octanol–water partition coefficient (Wildman–Crippen LogP) is 2.90. The number of nitrogens with one attached hydrogen (secondary N) is 1. The number of hydrogen-bond acceptors (Lipinski definition) is 5. The van der Waals surface area contributed by atoms with Crippen LogP contribution < -0.4 is 21.9 Å². The number of benzene rings is 2. The molecule has 0 saturated carbocycles. The molecule has 174 valence electrons. The highest BCUT2D eigenvalue weighted by Crippen LogP contribution is 2.23. The van der Waals surface area contributed by atoms with Gasteiger partial charge in [-0.15, -0.1) is 0 Å². The normalized spacial score (nSPS) is 10.9. The SMILES string of the molecule is Cc1nn(-c2ccc(C(=O)N(C)c3c(N)n(Cc4ccccc4)c(=O)[nH]c3=O)cc2)c(C)c1Cl. The Labute approximate surface area is 200 Å². The topological polar surface area (TPSA) is 119 Å². The number of carbonyl (C=O) groups excluding carboxylic acids is 1. The van der Waals surface area contributed by atoms with E-state index in [2.05, 4.69) is 10.1 Å². The number of nitrogens with two attached hydrogens (primary N) is 1. The molecule has 0 fully saturated rings. The molecular formula is C24H23ClN6O3. The van der Waals surface area contributed by atoms with Crippen molar-refractivity contribution in [3.8, 4) is 5.69 Å². The summed E-state index contributed by atoms with van der Waals surface area (Å²) < 4.78 is 2.92. The monoisotopic (exact) mass is 478 g/mol. The number of carbonyl (C=O) groups is 1. The van der Waals surface area contributed by atoms with Gasteiger partial charge in [-0.05, 0) is 43.7 Å². The van der Waals surface area contributed by atoms with Crippen molar-refractivity contribution in [3.05, 3.63) is 103 Å². The summed E-state index contributed by atoms with van der Waals surface area (Å²) in [7, 11) is 1.44. The summed E-state index contributed by atoms with van der Waals surface area (Å²) in [6, 6.07) is 15.9. The van der Waals surface area contributed by atoms with Crippen molar-refractivity contribution in [2.75, 3.05) is 17.7 Å². The Morgan fingerprint density at radius 2 is 1.74 bits per heavy atom. The van der Waals surface area contributed by atoms with Gasteiger partial charge >= 0.3 is 5.69 Å². The van der Waals surface area contributed by atoms with E-state index in [4.69, 9.17) is 17.3 Å². The van der Waals surface area contributed by atoms with Crippen LogP contribution in [0, 0.1) is 13.8 Å². The van der Waals surface area contributed by atoms with Crippen molar-refractivity contribution < 1.29 is 4.79 Å². The van der Waals surface area contributed by atoms with E-state index in [1.165, 1.54) is 11.6 Å². The molecule has 1 amide bonds. The highest BCUT2D eigenvalue weighted by Gasteiger charge is 2.22. The standard InChI is InChI=1S/C24H23ClN6O3/c1-14-19(25)15(2)31(28-14)18-11-9-17(10-12-18)23(33)29(3)20-21(26)30(24(34)27-22(20)32)13-16-7-5-4-6-8-16/h4-12H,13,26H2,1-3H3,(H,27,32,34). The Morgan fingerprint density at radius 1 is 1.09 bits per heavy atom. The Morgan fingerprint density at radius 3 is 2.32 bits per heavy atom. The Bertz CT molecular complexity index is 1490. The number of H-pyrrole nitrogens is 1. The van der Waals surface area contributed by atoms with Crippen LogP contribution in [0.4, 0.5) is 11.5 Å². The number of aromatic amines is 1. The Kier molecular flexibility index (Phi) is 6.12. The molecular weight excluding hydrogens is 456 g/mol. The van der Waals surface area contributed by atoms with Crippen molar-refractivity contribution in [3.63, 3.8) is 0 Å². The summed E-state index contributed by atoms with van der Waals surface area (Å²) in [5, 5.41) is 4.99. The second-order valence-electron chi connectivity index (χ2n) is 7.87. The van der Waals surface area contributed by atoms with Crippen molar-refractivity contribution in [2.45, 2.75) is 20.4 Å². The maximum atomic E-state index is 13.2. The van der Waals surface area contributed by atoms with Gasteiger partial charge in [0.15, 0.2) is 5.69 Å². The molecule has 0 aliphatic heterocycles. The number of anilines is 2. The zero-order chi connectivity index (χ0) is 24.6. The molecule has 4 rings (SSSR count). The van der Waals surface area contributed by atoms with Crippen LogP contribution in [0.3, 0.4) is 0 Å². The molecule has 9 nitrogen and oxygen atoms in total. The Hall–Kier alpha value is -4.11. The number of aryl methyl sites for hydroxylation is 1. The van der Waals surface area contributed by atoms with Gasteiger partial charge in [0, 0.05) is 12.6 Å². The largest absolute Gasteiger partial charge is 0.383 e. The lowest BCUT2D eigenvalue weighted by Gasteiger charge is -2.20. The first-order chi connectivity index (χ1) is 16.2. The van der Waals surface area contributed by atoms with Crippen molar-refractivity contribution in [1.82, 2.24) is 19.3 Å². The van der Waals surface area contributed by atoms with E-state index in [9.17, 15) is 14.4 Å². The first-order valence-corrected chi connectivity index (χ1v) is 10.8. The molecule has 4 aromatic rings. The molecule has 2 aromatic heterocycles. The molecule has 10 heteroatoms. The number of rotatable bonds is 5. The average molecular weight is 479 g/mol. The van der Waals surface area contributed by atoms with E-state index in [0.717, 1.165) is 21.8 Å². The molecule has 34 heavy (non-hydrogen) atoms. The van der Waals surface area contributed by atoms with Gasteiger partial charge in [0.25, 0.3) is 11.5 Å². The molecule has 0 atom stereocenters. The van der Waals surface area contributed by atoms with Crippen LogP contribution >= 0.6 is 11.6 Å². The van der Waals surface area contributed by atoms with Gasteiger partial charge in [-0.3, -0.25) is 19.1 Å². The fourth-order valence-corrected chi connectivity index (χ4v) is 3.86. The molecule has 0 unspecified atom stereocenters. The number of halogens is 1. The highest BCUT2D eigenvalue weighted by molar-refractivity contribution is 6.31. The first-order valence-electron chi connectivity index (χ1n) is 10.5. The fraction of sp³-hybridized carbons (Fsp3) is 0.167. The molecule has 0 radical (unpaired) electrons. The fourth-order valence-electron chi connectivity index (χ4n) is 3.74. The van der Waals surface area contributed by atoms with Crippen molar-refractivity contribution in [2.24, 2.45) is 0 Å². The molecule has 0 bridgehead atoms. The van der Waals surface area contributed by atoms with Crippen LogP contribution in [-0.2, 0) is 6.54 Å². The number of nitrogens with zero attached hydrogens (tertiary/aromatic N) is 4. The van der Waals surface area contributed by atoms with Crippen molar-refractivity contribution in [1.29, 1.82) is 0 Å². The number of aromatic nitrogens is 4. The summed E-state index contributed by atoms with van der Waals surface area (Å²) in [6.45, 7) is 3.82. The van der Waals surface area contributed by atoms with E-state index < -0.39 is 17.2 Å². The molecule has 0 aliphatic rings. The second kappa shape index (κ2) is 9.03. The van der Waals surface area contributed by atoms with E-state index in [1.54, 1.807) is 28.9 Å². The van der Waals surface area contributed by atoms with Crippen LogP contribution in [0.1, 0.15) is 27.3 Å². The third kappa shape index (κ3) is 4.13. The molecule has 3 N–H and O–H groups in total. The maximum Gasteiger partial charge on any atom is 0.330 e. The Balaban J connectivity index is 1.66. The maximum absolute atomic E-state index is 13.2. The molecule has 0 spiro atoms. The van der Waals surface area contributed by atoms with E-state index in [1.807, 2.05) is 44.2 Å². The zero-order valence-corrected chi connectivity index (χ0v) is 19.6. The number of amides is 1. The summed E-state index contributed by atoms with van der Waals surface area (Å²) in [4.78, 5) is 41.6. The average Bonchev–Trinajstić information content (AvgIpc) is 3.09. The molecule has 0 aliphatic carbocycles. The van der Waals surface area contributed by atoms with Crippen LogP contribution in [0.25, 0.3) is 5.69 Å². The van der Waals surface area contributed by atoms with Gasteiger partial charge in [0.1, 0.15) is 5.82 Å². The minimum Gasteiger partial charge on any atom is -0.383 e. The number of nitrogen functional groups attached to an aromatic ring is 1. The second-order valence-corrected chi connectivity index (χ2v) is 8.25. The third-order valence-electron chi connectivity index (χ3n) is 5.60. The summed E-state index contributed by atoms with van der Waals surface area (Å²) in [5.74, 6) is -0.553. The quantitative estimate of drug-likeness (QED) is 0.457. The van der Waals surface area contributed by atoms with E-state index in [-0.39, 0.29) is 18.1 Å². The van der Waals surface area contributed by atoms with Crippen molar-refractivity contribution >= 4 is 29.0 Å². The lowest BCUT2D eigenvalue weighted by Crippen LogP contribution is -2.39. The summed E-state index contributed by atoms with van der Waals surface area (Å²) >= 11 is 6.23. The van der Waals surface area contributed by atoms with Crippen LogP contribution in [0.15, 0.2) is 64.2 Å². The van der Waals surface area contributed by atoms with Crippen LogP contribution in [-0.4, -0.2) is 32.3 Å². The number of hydrogen-bond donors (Lipinski definition) is 2. The van der Waals surface area contributed by atoms with E-state index >= 15 is 0 Å². The third-order valence-corrected chi connectivity index (χ3v) is 6.15. The van der Waals surface area contributed by atoms with Crippen LogP contribution in [0.2, 0.25) is 5.02 Å². The molecule has 2 aromatic carbocycles. The van der Waals surface area contributed by atoms with Gasteiger partial charge in [-0.1, -0.05) is 41.9 Å². The predicted molar refractivity (Wildman–Crippen MR) is 132 cm³/mol. The highest BCUT2D eigenvalue weighted by atomic mass is 35.5. The van der Waals surface area contributed by atoms with Gasteiger partial charge in [0.2, 0.25) is 0 Å². The minimum atomic E-state index is -0.739. The molecule has 2 heterocycles. The summed E-state index contributed by atoms with van der Waals surface area (Å²) in [6.07, 6.45) is 0. The first kappa shape index (κ1) is 23.1. The lowest BCUT2D eigenvalue weighted by molar-refractivity contribution is 0.0992. The van der Waals surface area contributed by atoms with Gasteiger partial charge in [0.05, 0.1) is 28.6 Å². The van der Waals surface area contributed by atoms with Gasteiger partial charge in [-0.25, -0.2) is 9.48 Å². The van der Waals surface area contributed by atoms with Crippen LogP contribution in [0.5, 0.6) is 0 Å². The van der Waals surface area contributed by atoms with Gasteiger partial charge in [-0.2, -0.15) is 5.10 Å². The van der Waals surface area contributed by atoms with Gasteiger partial charge < -0.3 is 10.6 Å². The zero-order valence-electron chi connectivity index (χ0n) is 18.9. The lowest BCUT2D eigenvalue weighted by atomic mass is 10.1. The summed E-state index contributed by atoms with van der Waals surface area (Å²) in [5.41, 5.74) is 8.10. The smallest absolute Gasteiger partial charge is 0.330 e. The molecule has 0 saturated heterocycles. The minimum absolute atomic E-state index is 0.0950. The van der Waals surface area contributed by atoms with E-state index in [0.29, 0.717) is 16.3 Å².